The minimum atomic E-state index is 0.683. The molecule has 84 valence electrons. The number of nitrogens with one attached hydrogen (secondary N) is 1. The van der Waals surface area contributed by atoms with Crippen LogP contribution < -0.4 is 5.32 Å². The number of rotatable bonds is 6. The van der Waals surface area contributed by atoms with Gasteiger partial charge >= 0.3 is 0 Å². The second-order valence-corrected chi connectivity index (χ2v) is 5.48. The molecule has 4 heteroatoms. The van der Waals surface area contributed by atoms with E-state index < -0.39 is 0 Å². The molecule has 1 fully saturated rings. The van der Waals surface area contributed by atoms with E-state index in [1.165, 1.54) is 18.5 Å². The summed E-state index contributed by atoms with van der Waals surface area (Å²) >= 11 is 1.90. The highest BCUT2D eigenvalue weighted by Crippen LogP contribution is 2.35. The third-order valence-corrected chi connectivity index (χ3v) is 3.80. The van der Waals surface area contributed by atoms with Crippen LogP contribution in [-0.2, 0) is 6.54 Å². The predicted octanol–water partition coefficient (Wildman–Crippen LogP) is 2.06. The zero-order chi connectivity index (χ0) is 10.7. The van der Waals surface area contributed by atoms with Crippen LogP contribution >= 0.6 is 11.8 Å². The smallest absolute Gasteiger partial charge is 0.0951 e. The number of thioether (sulfide) groups is 1. The van der Waals surface area contributed by atoms with E-state index in [0.717, 1.165) is 19.1 Å². The van der Waals surface area contributed by atoms with Gasteiger partial charge in [0.05, 0.1) is 12.0 Å². The largest absolute Gasteiger partial charge is 0.330 e. The molecular formula is C11H19N3S. The zero-order valence-electron chi connectivity index (χ0n) is 9.44. The lowest BCUT2D eigenvalue weighted by molar-refractivity contribution is 0.620. The molecule has 2 rings (SSSR count). The Labute approximate surface area is 95.7 Å². The lowest BCUT2D eigenvalue weighted by atomic mass is 10.4. The van der Waals surface area contributed by atoms with Crippen LogP contribution in [0.3, 0.4) is 0 Å². The third-order valence-electron chi connectivity index (χ3n) is 2.83. The first-order valence-corrected chi connectivity index (χ1v) is 6.84. The average Bonchev–Trinajstić information content (AvgIpc) is 2.99. The Morgan fingerprint density at radius 2 is 2.47 bits per heavy atom. The third kappa shape index (κ3) is 2.98. The van der Waals surface area contributed by atoms with Crippen LogP contribution in [0.15, 0.2) is 12.5 Å². The van der Waals surface area contributed by atoms with Gasteiger partial charge in [-0.2, -0.15) is 11.8 Å². The normalized spacial score (nSPS) is 18.0. The first kappa shape index (κ1) is 11.0. The van der Waals surface area contributed by atoms with E-state index in [1.54, 1.807) is 0 Å². The van der Waals surface area contributed by atoms with Gasteiger partial charge in [-0.05, 0) is 19.1 Å². The summed E-state index contributed by atoms with van der Waals surface area (Å²) in [6, 6.07) is 0.738. The maximum Gasteiger partial charge on any atom is 0.0951 e. The number of imidazole rings is 1. The SMILES string of the molecule is CSC(C)CNCc1cncn1C1CC1. The van der Waals surface area contributed by atoms with Gasteiger partial charge in [-0.3, -0.25) is 0 Å². The summed E-state index contributed by atoms with van der Waals surface area (Å²) in [5.74, 6) is 0. The average molecular weight is 225 g/mol. The molecule has 0 saturated heterocycles. The number of hydrogen-bond acceptors (Lipinski definition) is 3. The maximum absolute atomic E-state index is 4.22. The van der Waals surface area contributed by atoms with Crippen LogP contribution in [0.1, 0.15) is 31.5 Å². The molecule has 1 atom stereocenters. The Hall–Kier alpha value is -0.480. The molecule has 0 radical (unpaired) electrons. The molecule has 3 nitrogen and oxygen atoms in total. The van der Waals surface area contributed by atoms with Gasteiger partial charge < -0.3 is 9.88 Å². The van der Waals surface area contributed by atoms with Crippen molar-refractivity contribution in [3.8, 4) is 0 Å². The van der Waals surface area contributed by atoms with E-state index in [-0.39, 0.29) is 0 Å². The summed E-state index contributed by atoms with van der Waals surface area (Å²) in [5, 5.41) is 4.16. The highest BCUT2D eigenvalue weighted by molar-refractivity contribution is 7.99. The Morgan fingerprint density at radius 1 is 1.67 bits per heavy atom. The van der Waals surface area contributed by atoms with Crippen molar-refractivity contribution in [1.29, 1.82) is 0 Å². The van der Waals surface area contributed by atoms with Gasteiger partial charge in [0.25, 0.3) is 0 Å². The molecule has 1 aromatic heterocycles. The summed E-state index contributed by atoms with van der Waals surface area (Å²) < 4.78 is 2.32. The van der Waals surface area contributed by atoms with E-state index in [1.807, 2.05) is 24.3 Å². The summed E-state index contributed by atoms with van der Waals surface area (Å²) in [7, 11) is 0. The van der Waals surface area contributed by atoms with Gasteiger partial charge in [0.1, 0.15) is 0 Å². The number of hydrogen-bond donors (Lipinski definition) is 1. The Balaban J connectivity index is 1.80. The van der Waals surface area contributed by atoms with Crippen LogP contribution in [0.4, 0.5) is 0 Å². The van der Waals surface area contributed by atoms with Crippen molar-refractivity contribution in [2.45, 2.75) is 37.6 Å². The molecular weight excluding hydrogens is 206 g/mol. The molecule has 1 saturated carbocycles. The Kier molecular flexibility index (Phi) is 3.70. The van der Waals surface area contributed by atoms with Crippen molar-refractivity contribution >= 4 is 11.8 Å². The predicted molar refractivity (Wildman–Crippen MR) is 65.2 cm³/mol. The van der Waals surface area contributed by atoms with Crippen molar-refractivity contribution in [2.24, 2.45) is 0 Å². The fourth-order valence-corrected chi connectivity index (χ4v) is 1.92. The van der Waals surface area contributed by atoms with Gasteiger partial charge in [0.15, 0.2) is 0 Å². The highest BCUT2D eigenvalue weighted by Gasteiger charge is 2.24. The second-order valence-electron chi connectivity index (χ2n) is 4.20. The Bertz CT molecular complexity index is 307. The summed E-state index contributed by atoms with van der Waals surface area (Å²) in [6.07, 6.45) is 8.75. The summed E-state index contributed by atoms with van der Waals surface area (Å²) in [6.45, 7) is 4.26. The Morgan fingerprint density at radius 3 is 3.13 bits per heavy atom. The molecule has 1 aromatic rings. The zero-order valence-corrected chi connectivity index (χ0v) is 10.3. The number of nitrogens with zero attached hydrogens (tertiary/aromatic N) is 2. The fourth-order valence-electron chi connectivity index (χ4n) is 1.64. The van der Waals surface area contributed by atoms with Crippen LogP contribution in [0.25, 0.3) is 0 Å². The first-order valence-electron chi connectivity index (χ1n) is 5.55. The van der Waals surface area contributed by atoms with Crippen LogP contribution in [0.5, 0.6) is 0 Å². The van der Waals surface area contributed by atoms with Crippen molar-refractivity contribution in [3.63, 3.8) is 0 Å². The van der Waals surface area contributed by atoms with Crippen LogP contribution in [-0.4, -0.2) is 27.6 Å². The first-order chi connectivity index (χ1) is 7.31. The fraction of sp³-hybridized carbons (Fsp3) is 0.727. The van der Waals surface area contributed by atoms with E-state index in [4.69, 9.17) is 0 Å². The molecule has 15 heavy (non-hydrogen) atoms. The molecule has 1 N–H and O–H groups in total. The van der Waals surface area contributed by atoms with Crippen molar-refractivity contribution in [3.05, 3.63) is 18.2 Å². The van der Waals surface area contributed by atoms with Gasteiger partial charge in [-0.15, -0.1) is 0 Å². The summed E-state index contributed by atoms with van der Waals surface area (Å²) in [5.41, 5.74) is 1.32. The lowest BCUT2D eigenvalue weighted by Gasteiger charge is -2.11. The van der Waals surface area contributed by atoms with Crippen molar-refractivity contribution in [1.82, 2.24) is 14.9 Å². The quantitative estimate of drug-likeness (QED) is 0.803. The van der Waals surface area contributed by atoms with E-state index in [2.05, 4.69) is 28.0 Å². The molecule has 0 aliphatic heterocycles. The standard InChI is InChI=1S/C11H19N3S/c1-9(15-2)5-12-6-11-7-13-8-14(11)10-3-4-10/h7-10,12H,3-6H2,1-2H3. The molecule has 1 aliphatic carbocycles. The molecule has 0 aromatic carbocycles. The van der Waals surface area contributed by atoms with Gasteiger partial charge in [-0.25, -0.2) is 4.98 Å². The highest BCUT2D eigenvalue weighted by atomic mass is 32.2. The van der Waals surface area contributed by atoms with Gasteiger partial charge in [0, 0.05) is 30.6 Å². The topological polar surface area (TPSA) is 29.9 Å². The molecule has 0 amide bonds. The van der Waals surface area contributed by atoms with Crippen molar-refractivity contribution in [2.75, 3.05) is 12.8 Å². The molecule has 1 heterocycles. The molecule has 0 bridgehead atoms. The second kappa shape index (κ2) is 5.03. The van der Waals surface area contributed by atoms with E-state index >= 15 is 0 Å². The van der Waals surface area contributed by atoms with E-state index in [9.17, 15) is 0 Å². The van der Waals surface area contributed by atoms with Crippen molar-refractivity contribution < 1.29 is 0 Å². The summed E-state index contributed by atoms with van der Waals surface area (Å²) in [4.78, 5) is 4.22. The maximum atomic E-state index is 4.22. The van der Waals surface area contributed by atoms with Crippen LogP contribution in [0, 0.1) is 0 Å². The monoisotopic (exact) mass is 225 g/mol. The lowest BCUT2D eigenvalue weighted by Crippen LogP contribution is -2.23. The van der Waals surface area contributed by atoms with Gasteiger partial charge in [0.2, 0.25) is 0 Å². The molecule has 1 aliphatic rings. The molecule has 1 unspecified atom stereocenters. The minimum absolute atomic E-state index is 0.683. The minimum Gasteiger partial charge on any atom is -0.330 e. The van der Waals surface area contributed by atoms with Crippen LogP contribution in [0.2, 0.25) is 0 Å². The van der Waals surface area contributed by atoms with E-state index in [0.29, 0.717) is 5.25 Å². The van der Waals surface area contributed by atoms with Gasteiger partial charge in [-0.1, -0.05) is 6.92 Å². The molecule has 0 spiro atoms. The number of aromatic nitrogens is 2.